The Balaban J connectivity index is 0.00000176. The van der Waals surface area contributed by atoms with E-state index >= 15 is 0 Å². The molecule has 3 aromatic rings. The molecule has 32 heavy (non-hydrogen) atoms. The first-order chi connectivity index (χ1) is 15.5. The van der Waals surface area contributed by atoms with Gasteiger partial charge in [-0.15, -0.1) is 0 Å². The summed E-state index contributed by atoms with van der Waals surface area (Å²) in [6, 6.07) is 23.7. The molecule has 0 radical (unpaired) electrons. The van der Waals surface area contributed by atoms with E-state index in [0.717, 1.165) is 43.1 Å². The average molecular weight is 451 g/mol. The number of rotatable bonds is 10. The third-order valence-electron chi connectivity index (χ3n) is 5.80. The number of aryl methyl sites for hydroxylation is 3. The highest BCUT2D eigenvalue weighted by atomic mass is 35.5. The molecule has 0 spiro atoms. The fraction of sp³-hybridized carbons (Fsp3) is 0.400. The number of hydrogen-bond acceptors (Lipinski definition) is 1. The SMILES string of the molecule is CC.CCCc1ccc(OCCCC(Cc2ccc(C)c(C)c2)c2cccc(Cl)c2)cc1. The van der Waals surface area contributed by atoms with Gasteiger partial charge in [0.1, 0.15) is 5.75 Å². The lowest BCUT2D eigenvalue weighted by molar-refractivity contribution is 0.301. The Bertz CT molecular complexity index is 930. The summed E-state index contributed by atoms with van der Waals surface area (Å²) in [5.74, 6) is 1.39. The fourth-order valence-electron chi connectivity index (χ4n) is 3.92. The van der Waals surface area contributed by atoms with Crippen LogP contribution >= 0.6 is 11.6 Å². The molecule has 0 heterocycles. The van der Waals surface area contributed by atoms with Crippen LogP contribution in [0.3, 0.4) is 0 Å². The molecule has 0 aliphatic rings. The van der Waals surface area contributed by atoms with Crippen LogP contribution < -0.4 is 4.74 Å². The molecule has 0 saturated heterocycles. The van der Waals surface area contributed by atoms with E-state index < -0.39 is 0 Å². The van der Waals surface area contributed by atoms with Gasteiger partial charge in [-0.3, -0.25) is 0 Å². The lowest BCUT2D eigenvalue weighted by Gasteiger charge is -2.19. The van der Waals surface area contributed by atoms with Crippen LogP contribution in [0.15, 0.2) is 66.7 Å². The maximum Gasteiger partial charge on any atom is 0.119 e. The molecule has 3 aromatic carbocycles. The van der Waals surface area contributed by atoms with Crippen LogP contribution in [0.1, 0.15) is 73.8 Å². The van der Waals surface area contributed by atoms with Gasteiger partial charge in [-0.2, -0.15) is 0 Å². The second kappa shape index (κ2) is 14.0. The van der Waals surface area contributed by atoms with Crippen LogP contribution in [-0.2, 0) is 12.8 Å². The predicted octanol–water partition coefficient (Wildman–Crippen LogP) is 9.12. The molecule has 3 rings (SSSR count). The number of benzene rings is 3. The monoisotopic (exact) mass is 450 g/mol. The molecule has 172 valence electrons. The van der Waals surface area contributed by atoms with Crippen molar-refractivity contribution in [2.75, 3.05) is 6.61 Å². The summed E-state index contributed by atoms with van der Waals surface area (Å²) in [6.07, 6.45) is 5.40. The van der Waals surface area contributed by atoms with E-state index in [-0.39, 0.29) is 0 Å². The Morgan fingerprint density at radius 2 is 1.56 bits per heavy atom. The minimum atomic E-state index is 0.432. The van der Waals surface area contributed by atoms with Gasteiger partial charge in [0.15, 0.2) is 0 Å². The largest absolute Gasteiger partial charge is 0.494 e. The van der Waals surface area contributed by atoms with Crippen LogP contribution in [0.2, 0.25) is 5.02 Å². The normalized spacial score (nSPS) is 11.4. The zero-order valence-electron chi connectivity index (χ0n) is 20.5. The molecule has 0 aliphatic carbocycles. The molecule has 0 aliphatic heterocycles. The number of halogens is 1. The van der Waals surface area contributed by atoms with Crippen molar-refractivity contribution in [1.29, 1.82) is 0 Å². The molecule has 1 nitrogen and oxygen atoms in total. The van der Waals surface area contributed by atoms with E-state index in [0.29, 0.717) is 5.92 Å². The summed E-state index contributed by atoms with van der Waals surface area (Å²) in [5.41, 5.74) is 6.77. The maximum absolute atomic E-state index is 6.29. The quantitative estimate of drug-likeness (QED) is 0.280. The van der Waals surface area contributed by atoms with Crippen molar-refractivity contribution in [3.63, 3.8) is 0 Å². The van der Waals surface area contributed by atoms with E-state index in [1.165, 1.54) is 34.2 Å². The maximum atomic E-state index is 6.29. The third kappa shape index (κ3) is 8.36. The van der Waals surface area contributed by atoms with Crippen molar-refractivity contribution in [3.8, 4) is 5.75 Å². The van der Waals surface area contributed by atoms with Crippen molar-refractivity contribution >= 4 is 11.6 Å². The molecular weight excluding hydrogens is 412 g/mol. The van der Waals surface area contributed by atoms with Crippen molar-refractivity contribution in [1.82, 2.24) is 0 Å². The number of ether oxygens (including phenoxy) is 1. The highest BCUT2D eigenvalue weighted by Crippen LogP contribution is 2.28. The van der Waals surface area contributed by atoms with Gasteiger partial charge < -0.3 is 4.74 Å². The summed E-state index contributed by atoms with van der Waals surface area (Å²) >= 11 is 6.29. The first kappa shape index (κ1) is 26.0. The van der Waals surface area contributed by atoms with Crippen LogP contribution in [0.5, 0.6) is 5.75 Å². The average Bonchev–Trinajstić information content (AvgIpc) is 2.81. The van der Waals surface area contributed by atoms with Gasteiger partial charge in [0.05, 0.1) is 6.61 Å². The Morgan fingerprint density at radius 3 is 2.22 bits per heavy atom. The highest BCUT2D eigenvalue weighted by molar-refractivity contribution is 6.30. The lowest BCUT2D eigenvalue weighted by atomic mass is 9.87. The van der Waals surface area contributed by atoms with E-state index in [9.17, 15) is 0 Å². The zero-order valence-corrected chi connectivity index (χ0v) is 21.2. The topological polar surface area (TPSA) is 9.23 Å². The molecule has 0 fully saturated rings. The minimum absolute atomic E-state index is 0.432. The Kier molecular flexibility index (Phi) is 11.4. The van der Waals surface area contributed by atoms with Crippen molar-refractivity contribution in [3.05, 3.63) is 99.6 Å². The van der Waals surface area contributed by atoms with E-state index in [1.54, 1.807) is 0 Å². The van der Waals surface area contributed by atoms with E-state index in [4.69, 9.17) is 16.3 Å². The summed E-state index contributed by atoms with van der Waals surface area (Å²) in [6.45, 7) is 11.3. The van der Waals surface area contributed by atoms with Gasteiger partial charge >= 0.3 is 0 Å². The molecule has 0 amide bonds. The molecule has 2 heteroatoms. The predicted molar refractivity (Wildman–Crippen MR) is 140 cm³/mol. The summed E-state index contributed by atoms with van der Waals surface area (Å²) < 4.78 is 6.01. The highest BCUT2D eigenvalue weighted by Gasteiger charge is 2.14. The Hall–Kier alpha value is -2.25. The van der Waals surface area contributed by atoms with Gasteiger partial charge in [0, 0.05) is 5.02 Å². The molecule has 0 bridgehead atoms. The van der Waals surface area contributed by atoms with Crippen LogP contribution in [0.25, 0.3) is 0 Å². The van der Waals surface area contributed by atoms with Crippen LogP contribution in [0.4, 0.5) is 0 Å². The first-order valence-corrected chi connectivity index (χ1v) is 12.5. The van der Waals surface area contributed by atoms with Crippen molar-refractivity contribution in [2.24, 2.45) is 0 Å². The van der Waals surface area contributed by atoms with E-state index in [2.05, 4.69) is 81.4 Å². The Morgan fingerprint density at radius 1 is 0.844 bits per heavy atom. The third-order valence-corrected chi connectivity index (χ3v) is 6.04. The molecule has 0 saturated carbocycles. The van der Waals surface area contributed by atoms with Gasteiger partial charge in [0.2, 0.25) is 0 Å². The van der Waals surface area contributed by atoms with E-state index in [1.807, 2.05) is 19.9 Å². The summed E-state index contributed by atoms with van der Waals surface area (Å²) in [4.78, 5) is 0. The van der Waals surface area contributed by atoms with Gasteiger partial charge in [-0.1, -0.05) is 81.3 Å². The molecule has 0 aromatic heterocycles. The molecule has 0 N–H and O–H groups in total. The van der Waals surface area contributed by atoms with Crippen molar-refractivity contribution in [2.45, 2.75) is 72.6 Å². The van der Waals surface area contributed by atoms with Crippen LogP contribution in [0, 0.1) is 13.8 Å². The second-order valence-corrected chi connectivity index (χ2v) is 8.70. The summed E-state index contributed by atoms with van der Waals surface area (Å²) in [5, 5.41) is 0.806. The van der Waals surface area contributed by atoms with Crippen molar-refractivity contribution < 1.29 is 4.74 Å². The summed E-state index contributed by atoms with van der Waals surface area (Å²) in [7, 11) is 0. The fourth-order valence-corrected chi connectivity index (χ4v) is 4.12. The van der Waals surface area contributed by atoms with Gasteiger partial charge in [-0.25, -0.2) is 0 Å². The number of hydrogen-bond donors (Lipinski definition) is 0. The standard InChI is InChI=1S/C28H33ClO.C2H6/c1-4-7-23-13-15-28(16-14-23)30-17-6-9-25(26-8-5-10-27(29)20-26)19-24-12-11-21(2)22(3)18-24;1-2/h5,8,10-16,18,20,25H,4,6-7,9,17,19H2,1-3H3;1-2H3. The molecular formula is C30H39ClO. The first-order valence-electron chi connectivity index (χ1n) is 12.1. The van der Waals surface area contributed by atoms with Gasteiger partial charge in [-0.05, 0) is 97.5 Å². The van der Waals surface area contributed by atoms with Crippen LogP contribution in [-0.4, -0.2) is 6.61 Å². The molecule has 1 unspecified atom stereocenters. The minimum Gasteiger partial charge on any atom is -0.494 e. The van der Waals surface area contributed by atoms with Gasteiger partial charge in [0.25, 0.3) is 0 Å². The zero-order chi connectivity index (χ0) is 23.3. The second-order valence-electron chi connectivity index (χ2n) is 8.26. The molecule has 1 atom stereocenters. The smallest absolute Gasteiger partial charge is 0.119 e. The Labute approximate surface area is 200 Å². The lowest BCUT2D eigenvalue weighted by Crippen LogP contribution is -2.07.